The zero-order valence-electron chi connectivity index (χ0n) is 8.04. The lowest BCUT2D eigenvalue weighted by Crippen LogP contribution is -2.35. The van der Waals surface area contributed by atoms with Crippen molar-refractivity contribution in [2.45, 2.75) is 24.9 Å². The molecule has 0 aromatic carbocycles. The monoisotopic (exact) mass is 266 g/mol. The molecule has 0 amide bonds. The molecule has 0 radical (unpaired) electrons. The fraction of sp³-hybridized carbons (Fsp3) is 1.00. The second-order valence-corrected chi connectivity index (χ2v) is 27.9. The minimum atomic E-state index is -0.350. The van der Waals surface area contributed by atoms with Crippen molar-refractivity contribution in [1.29, 1.82) is 0 Å². The summed E-state index contributed by atoms with van der Waals surface area (Å²) in [7, 11) is 1.75. The Labute approximate surface area is 91.1 Å². The van der Waals surface area contributed by atoms with Crippen molar-refractivity contribution in [2.75, 3.05) is 13.2 Å². The van der Waals surface area contributed by atoms with E-state index in [4.69, 9.17) is 8.85 Å². The fourth-order valence-corrected chi connectivity index (χ4v) is 51.7. The van der Waals surface area contributed by atoms with Gasteiger partial charge in [0.1, 0.15) is 14.9 Å². The highest BCUT2D eigenvalue weighted by Crippen LogP contribution is 2.23. The predicted octanol–water partition coefficient (Wildman–Crippen LogP) is -0.831. The first-order valence-corrected chi connectivity index (χ1v) is 18.4. The van der Waals surface area contributed by atoms with Gasteiger partial charge in [0, 0.05) is 13.2 Å². The molecule has 0 N–H and O–H groups in total. The molecule has 0 saturated carbocycles. The average molecular weight is 267 g/mol. The van der Waals surface area contributed by atoms with E-state index in [1.807, 2.05) is 0 Å². The second-order valence-electron chi connectivity index (χ2n) is 3.81. The molecule has 2 nitrogen and oxygen atoms in total. The molecule has 2 rings (SSSR count). The van der Waals surface area contributed by atoms with Gasteiger partial charge in [-0.2, -0.15) is 0 Å². The summed E-state index contributed by atoms with van der Waals surface area (Å²) in [6.45, 7) is 2.19. The van der Waals surface area contributed by atoms with Crippen LogP contribution in [0.25, 0.3) is 0 Å². The molecule has 2 saturated heterocycles. The summed E-state index contributed by atoms with van der Waals surface area (Å²) in [5, 5.41) is 0. The van der Waals surface area contributed by atoms with E-state index in [0.29, 0.717) is 0 Å². The van der Waals surface area contributed by atoms with Gasteiger partial charge in [-0.15, -0.1) is 0 Å². The highest BCUT2D eigenvalue weighted by molar-refractivity contribution is 8.51. The van der Waals surface area contributed by atoms with Crippen molar-refractivity contribution in [3.05, 3.63) is 0 Å². The van der Waals surface area contributed by atoms with Crippen LogP contribution in [0.4, 0.5) is 0 Å². The van der Waals surface area contributed by atoms with Crippen molar-refractivity contribution in [1.82, 2.24) is 0 Å². The van der Waals surface area contributed by atoms with Crippen LogP contribution in [0, 0.1) is 0 Å². The standard InChI is InChI=1S/C6H18O2SSi4/c1-3-7-10-12(5-1)9-13-6-2-4-8-11-13/h12-13H,1-6,10-11H2. The van der Waals surface area contributed by atoms with Gasteiger partial charge in [-0.1, -0.05) is 0 Å². The van der Waals surface area contributed by atoms with Crippen molar-refractivity contribution >= 4 is 44.1 Å². The van der Waals surface area contributed by atoms with Gasteiger partial charge in [-0.3, -0.25) is 0 Å². The Morgan fingerprint density at radius 1 is 0.923 bits per heavy atom. The highest BCUT2D eigenvalue weighted by Gasteiger charge is 2.24. The quantitative estimate of drug-likeness (QED) is 0.608. The molecule has 2 atom stereocenters. The molecule has 2 aliphatic heterocycles. The molecule has 0 spiro atoms. The molecule has 0 aromatic heterocycles. The van der Waals surface area contributed by atoms with Crippen molar-refractivity contribution < 1.29 is 8.85 Å². The first-order valence-electron chi connectivity index (χ1n) is 5.26. The number of hydrogen-bond donors (Lipinski definition) is 0. The zero-order valence-corrected chi connectivity index (χ0v) is 14.0. The van der Waals surface area contributed by atoms with E-state index in [2.05, 4.69) is 10.7 Å². The molecule has 13 heavy (non-hydrogen) atoms. The maximum absolute atomic E-state index is 5.70. The Balaban J connectivity index is 1.69. The number of hydrogen-bond acceptors (Lipinski definition) is 3. The Morgan fingerprint density at radius 3 is 1.85 bits per heavy atom. The van der Waals surface area contributed by atoms with E-state index in [1.54, 1.807) is 12.1 Å². The first kappa shape index (κ1) is 10.6. The summed E-state index contributed by atoms with van der Waals surface area (Å²) in [6.07, 6.45) is 2.75. The van der Waals surface area contributed by atoms with Gasteiger partial charge >= 0.3 is 0 Å². The lowest BCUT2D eigenvalue weighted by molar-refractivity contribution is 0.336. The molecule has 2 aliphatic rings. The van der Waals surface area contributed by atoms with Gasteiger partial charge in [0.15, 0.2) is 18.6 Å². The van der Waals surface area contributed by atoms with Gasteiger partial charge in [-0.25, -0.2) is 10.7 Å². The summed E-state index contributed by atoms with van der Waals surface area (Å²) in [4.78, 5) is 0. The van der Waals surface area contributed by atoms with Gasteiger partial charge < -0.3 is 8.85 Å². The molecule has 0 aliphatic carbocycles. The Kier molecular flexibility index (Phi) is 4.82. The van der Waals surface area contributed by atoms with Crippen LogP contribution in [0.3, 0.4) is 0 Å². The minimum absolute atomic E-state index is 0.0193. The van der Waals surface area contributed by atoms with Crippen LogP contribution < -0.4 is 0 Å². The molecule has 76 valence electrons. The fourth-order valence-electron chi connectivity index (χ4n) is 1.91. The smallest absolute Gasteiger partial charge is 0.158 e. The molecule has 0 bridgehead atoms. The lowest BCUT2D eigenvalue weighted by Gasteiger charge is -2.26. The van der Waals surface area contributed by atoms with E-state index in [9.17, 15) is 0 Å². The Hall–Kier alpha value is 1.14. The third-order valence-electron chi connectivity index (χ3n) is 2.62. The predicted molar refractivity (Wildman–Crippen MR) is 69.7 cm³/mol. The van der Waals surface area contributed by atoms with E-state index >= 15 is 0 Å². The van der Waals surface area contributed by atoms with Gasteiger partial charge in [0.2, 0.25) is 0 Å². The third kappa shape index (κ3) is 3.65. The topological polar surface area (TPSA) is 18.5 Å². The number of rotatable bonds is 2. The summed E-state index contributed by atoms with van der Waals surface area (Å²) < 4.78 is 11.4. The van der Waals surface area contributed by atoms with Crippen LogP contribution in [0.1, 0.15) is 12.8 Å². The first-order chi connectivity index (χ1) is 6.45. The van der Waals surface area contributed by atoms with E-state index < -0.39 is 0 Å². The largest absolute Gasteiger partial charge is 0.427 e. The van der Waals surface area contributed by atoms with Crippen molar-refractivity contribution in [3.8, 4) is 0 Å². The highest BCUT2D eigenvalue weighted by atomic mass is 32.5. The summed E-state index contributed by atoms with van der Waals surface area (Å²) in [5.74, 6) is 0. The molecule has 7 heteroatoms. The average Bonchev–Trinajstić information content (AvgIpc) is 2.21. The molecule has 2 fully saturated rings. The van der Waals surface area contributed by atoms with Crippen LogP contribution in [0.15, 0.2) is 0 Å². The minimum Gasteiger partial charge on any atom is -0.427 e. The molecular weight excluding hydrogens is 248 g/mol. The van der Waals surface area contributed by atoms with Crippen LogP contribution in [-0.2, 0) is 8.85 Å². The molecule has 2 heterocycles. The second kappa shape index (κ2) is 5.88. The zero-order chi connectivity index (χ0) is 8.93. The van der Waals surface area contributed by atoms with Gasteiger partial charge in [0.25, 0.3) is 0 Å². The maximum Gasteiger partial charge on any atom is 0.158 e. The Morgan fingerprint density at radius 2 is 1.46 bits per heavy atom. The van der Waals surface area contributed by atoms with E-state index in [1.165, 1.54) is 12.8 Å². The molecular formula is C6H18O2SSi4. The van der Waals surface area contributed by atoms with E-state index in [-0.39, 0.29) is 33.5 Å². The van der Waals surface area contributed by atoms with Crippen LogP contribution in [-0.4, -0.2) is 46.7 Å². The van der Waals surface area contributed by atoms with Crippen molar-refractivity contribution in [2.24, 2.45) is 0 Å². The van der Waals surface area contributed by atoms with Gasteiger partial charge in [-0.05, 0) is 24.9 Å². The van der Waals surface area contributed by atoms with Crippen LogP contribution in [0.5, 0.6) is 0 Å². The van der Waals surface area contributed by atoms with Crippen molar-refractivity contribution in [3.63, 3.8) is 0 Å². The lowest BCUT2D eigenvalue weighted by atomic mass is 10.5. The molecule has 2 unspecified atom stereocenters. The normalized spacial score (nSPS) is 39.7. The summed E-state index contributed by atoms with van der Waals surface area (Å²) in [6, 6.07) is 3.18. The SMILES string of the molecule is C1CO[SiH2][SiH](S[SiH]2CCCO[SiH2]2)C1. The third-order valence-corrected chi connectivity index (χ3v) is 36.9. The van der Waals surface area contributed by atoms with Crippen LogP contribution in [0.2, 0.25) is 12.1 Å². The molecule has 0 aromatic rings. The summed E-state index contributed by atoms with van der Waals surface area (Å²) in [5.41, 5.74) is 0. The summed E-state index contributed by atoms with van der Waals surface area (Å²) >= 11 is 0. The Bertz CT molecular complexity index is 134. The van der Waals surface area contributed by atoms with Gasteiger partial charge in [0.05, 0.1) is 0 Å². The van der Waals surface area contributed by atoms with E-state index in [0.717, 1.165) is 13.2 Å². The van der Waals surface area contributed by atoms with Crippen LogP contribution >= 0.6 is 10.7 Å². The maximum atomic E-state index is 5.70.